The molecule has 0 saturated heterocycles. The molecule has 0 radical (unpaired) electrons. The highest BCUT2D eigenvalue weighted by atomic mass is 32.2. The van der Waals surface area contributed by atoms with Crippen LogP contribution in [0.1, 0.15) is 26.6 Å². The first-order valence-electron chi connectivity index (χ1n) is 6.27. The third-order valence-corrected chi connectivity index (χ3v) is 6.69. The Morgan fingerprint density at radius 3 is 2.67 bits per heavy atom. The van der Waals surface area contributed by atoms with Crippen LogP contribution in [0.5, 0.6) is 0 Å². The topological polar surface area (TPSA) is 79.6 Å². The van der Waals surface area contributed by atoms with Crippen LogP contribution in [-0.2, 0) is 30.2 Å². The Bertz CT molecular complexity index is 812. The molecule has 1 aliphatic rings. The quantitative estimate of drug-likeness (QED) is 0.933. The van der Waals surface area contributed by atoms with Gasteiger partial charge in [0.15, 0.2) is 0 Å². The molecule has 0 bridgehead atoms. The summed E-state index contributed by atoms with van der Waals surface area (Å²) in [6.07, 6.45) is 0. The van der Waals surface area contributed by atoms with Gasteiger partial charge in [0.25, 0.3) is 0 Å². The Balaban J connectivity index is 2.02. The molecule has 1 aliphatic heterocycles. The monoisotopic (exact) mass is 326 g/mol. The smallest absolute Gasteiger partial charge is 0.352 e. The molecule has 112 valence electrons. The van der Waals surface area contributed by atoms with E-state index in [0.29, 0.717) is 18.8 Å². The largest absolute Gasteiger partial charge is 0.477 e. The molecule has 3 heterocycles. The van der Waals surface area contributed by atoms with Gasteiger partial charge >= 0.3 is 5.97 Å². The van der Waals surface area contributed by atoms with E-state index < -0.39 is 16.0 Å². The number of thiophene rings is 1. The maximum absolute atomic E-state index is 12.7. The van der Waals surface area contributed by atoms with E-state index in [0.717, 1.165) is 10.4 Å². The minimum absolute atomic E-state index is 0.0277. The van der Waals surface area contributed by atoms with Crippen molar-refractivity contribution in [3.63, 3.8) is 0 Å². The van der Waals surface area contributed by atoms with Gasteiger partial charge in [-0.2, -0.15) is 4.31 Å². The highest BCUT2D eigenvalue weighted by Crippen LogP contribution is 2.33. The molecule has 1 N–H and O–H groups in total. The van der Waals surface area contributed by atoms with Crippen molar-refractivity contribution in [2.75, 3.05) is 0 Å². The Hall–Kier alpha value is -1.64. The highest BCUT2D eigenvalue weighted by Gasteiger charge is 2.34. The van der Waals surface area contributed by atoms with Crippen LogP contribution in [-0.4, -0.2) is 28.4 Å². The third-order valence-electron chi connectivity index (χ3n) is 3.83. The second-order valence-corrected chi connectivity index (χ2v) is 7.89. The van der Waals surface area contributed by atoms with Crippen LogP contribution in [0.2, 0.25) is 0 Å². The van der Waals surface area contributed by atoms with Crippen LogP contribution in [0.15, 0.2) is 22.4 Å². The van der Waals surface area contributed by atoms with E-state index >= 15 is 0 Å². The van der Waals surface area contributed by atoms with Crippen molar-refractivity contribution in [3.8, 4) is 0 Å². The zero-order valence-corrected chi connectivity index (χ0v) is 13.2. The van der Waals surface area contributed by atoms with Gasteiger partial charge in [0.1, 0.15) is 10.6 Å². The maximum atomic E-state index is 12.7. The first kappa shape index (κ1) is 14.3. The van der Waals surface area contributed by atoms with Crippen LogP contribution in [0.4, 0.5) is 0 Å². The minimum atomic E-state index is -3.69. The molecule has 2 aromatic rings. The summed E-state index contributed by atoms with van der Waals surface area (Å²) in [4.78, 5) is 12.3. The number of hydrogen-bond donors (Lipinski definition) is 1. The Morgan fingerprint density at radius 1 is 1.38 bits per heavy atom. The van der Waals surface area contributed by atoms with Crippen LogP contribution < -0.4 is 0 Å². The molecule has 8 heteroatoms. The van der Waals surface area contributed by atoms with E-state index in [2.05, 4.69) is 0 Å². The number of carboxylic acid groups (broad SMARTS) is 1. The number of fused-ring (bicyclic) bond motifs is 1. The van der Waals surface area contributed by atoms with E-state index in [1.807, 2.05) is 11.4 Å². The lowest BCUT2D eigenvalue weighted by molar-refractivity contribution is 0.0686. The van der Waals surface area contributed by atoms with E-state index in [9.17, 15) is 13.2 Å². The summed E-state index contributed by atoms with van der Waals surface area (Å²) in [5.74, 6) is -1.14. The minimum Gasteiger partial charge on any atom is -0.477 e. The third kappa shape index (κ3) is 2.10. The molecule has 21 heavy (non-hydrogen) atoms. The standard InChI is InChI=1S/C13H14N2O4S2/c1-8-12(5-10(13(16)17)14(8)2)21(18,19)15-6-9-3-4-20-11(9)7-15/h3-5H,6-7H2,1-2H3,(H,16,17). The molecule has 0 saturated carbocycles. The van der Waals surface area contributed by atoms with Crippen LogP contribution in [0.3, 0.4) is 0 Å². The first-order chi connectivity index (χ1) is 9.82. The van der Waals surface area contributed by atoms with E-state index in [1.54, 1.807) is 14.0 Å². The van der Waals surface area contributed by atoms with Crippen molar-refractivity contribution in [1.29, 1.82) is 0 Å². The number of aromatic nitrogens is 1. The molecule has 0 atom stereocenters. The molecule has 0 amide bonds. The van der Waals surface area contributed by atoms with Crippen LogP contribution in [0, 0.1) is 6.92 Å². The van der Waals surface area contributed by atoms with Crippen molar-refractivity contribution in [2.24, 2.45) is 7.05 Å². The summed E-state index contributed by atoms with van der Waals surface area (Å²) in [6.45, 7) is 2.31. The van der Waals surface area contributed by atoms with E-state index in [-0.39, 0.29) is 10.6 Å². The number of hydrogen-bond acceptors (Lipinski definition) is 4. The summed E-state index contributed by atoms with van der Waals surface area (Å²) in [5, 5.41) is 11.1. The fraction of sp³-hybridized carbons (Fsp3) is 0.308. The van der Waals surface area contributed by atoms with E-state index in [4.69, 9.17) is 5.11 Å². The number of sulfonamides is 1. The number of carboxylic acids is 1. The molecule has 6 nitrogen and oxygen atoms in total. The lowest BCUT2D eigenvalue weighted by Crippen LogP contribution is -2.26. The lowest BCUT2D eigenvalue weighted by atomic mass is 10.3. The van der Waals surface area contributed by atoms with Gasteiger partial charge in [-0.25, -0.2) is 13.2 Å². The van der Waals surface area contributed by atoms with Gasteiger partial charge in [0.05, 0.1) is 0 Å². The number of carbonyl (C=O) groups is 1. The summed E-state index contributed by atoms with van der Waals surface area (Å²) in [7, 11) is -2.13. The van der Waals surface area contributed by atoms with Crippen molar-refractivity contribution in [2.45, 2.75) is 24.9 Å². The molecule has 2 aromatic heterocycles. The predicted octanol–water partition coefficient (Wildman–Crippen LogP) is 1.80. The van der Waals surface area contributed by atoms with Gasteiger partial charge in [-0.05, 0) is 30.0 Å². The molecular formula is C13H14N2O4S2. The maximum Gasteiger partial charge on any atom is 0.352 e. The van der Waals surface area contributed by atoms with Crippen molar-refractivity contribution in [3.05, 3.63) is 39.3 Å². The van der Waals surface area contributed by atoms with Crippen molar-refractivity contribution in [1.82, 2.24) is 8.87 Å². The zero-order chi connectivity index (χ0) is 15.4. The Morgan fingerprint density at radius 2 is 2.10 bits per heavy atom. The van der Waals surface area contributed by atoms with Gasteiger partial charge in [-0.15, -0.1) is 11.3 Å². The van der Waals surface area contributed by atoms with Gasteiger partial charge in [0.2, 0.25) is 10.0 Å². The van der Waals surface area contributed by atoms with Gasteiger partial charge < -0.3 is 9.67 Å². The number of nitrogens with zero attached hydrogens (tertiary/aromatic N) is 2. The second-order valence-electron chi connectivity index (χ2n) is 4.99. The molecule has 3 rings (SSSR count). The van der Waals surface area contributed by atoms with Crippen molar-refractivity contribution < 1.29 is 18.3 Å². The highest BCUT2D eigenvalue weighted by molar-refractivity contribution is 7.89. The van der Waals surface area contributed by atoms with Gasteiger partial charge in [0, 0.05) is 30.7 Å². The fourth-order valence-electron chi connectivity index (χ4n) is 2.50. The molecular weight excluding hydrogens is 312 g/mol. The summed E-state index contributed by atoms with van der Waals surface area (Å²) in [5.41, 5.74) is 1.43. The summed E-state index contributed by atoms with van der Waals surface area (Å²) in [6, 6.07) is 3.16. The van der Waals surface area contributed by atoms with Crippen LogP contribution in [0.25, 0.3) is 0 Å². The molecule has 0 spiro atoms. The normalized spacial score (nSPS) is 15.3. The van der Waals surface area contributed by atoms with E-state index in [1.165, 1.54) is 26.3 Å². The predicted molar refractivity (Wildman–Crippen MR) is 77.9 cm³/mol. The number of rotatable bonds is 3. The van der Waals surface area contributed by atoms with Gasteiger partial charge in [-0.3, -0.25) is 0 Å². The van der Waals surface area contributed by atoms with Gasteiger partial charge in [-0.1, -0.05) is 0 Å². The Kier molecular flexibility index (Phi) is 3.19. The second kappa shape index (κ2) is 4.69. The molecule has 0 fully saturated rings. The fourth-order valence-corrected chi connectivity index (χ4v) is 5.15. The molecule has 0 aliphatic carbocycles. The lowest BCUT2D eigenvalue weighted by Gasteiger charge is -2.15. The summed E-state index contributed by atoms with van der Waals surface area (Å²) >= 11 is 1.54. The average Bonchev–Trinajstić information content (AvgIpc) is 3.04. The number of aromatic carboxylic acids is 1. The summed E-state index contributed by atoms with van der Waals surface area (Å²) < 4.78 is 28.2. The zero-order valence-electron chi connectivity index (χ0n) is 11.5. The molecule has 0 aromatic carbocycles. The van der Waals surface area contributed by atoms with Crippen LogP contribution >= 0.6 is 11.3 Å². The SMILES string of the molecule is Cc1c(S(=O)(=O)N2Cc3ccsc3C2)cc(C(=O)O)n1C. The average molecular weight is 326 g/mol. The Labute approximate surface area is 126 Å². The first-order valence-corrected chi connectivity index (χ1v) is 8.59. The molecule has 0 unspecified atom stereocenters. The van der Waals surface area contributed by atoms with Crippen molar-refractivity contribution >= 4 is 27.3 Å².